The number of hydrogen-bond acceptors (Lipinski definition) is 7. The molecule has 2 aromatic carbocycles. The summed E-state index contributed by atoms with van der Waals surface area (Å²) in [5.41, 5.74) is 8.43. The Kier molecular flexibility index (Phi) is 30.1. The third kappa shape index (κ3) is 24.9. The smallest absolute Gasteiger partial charge is 0.317 e. The van der Waals surface area contributed by atoms with Gasteiger partial charge < -0.3 is 24.1 Å². The minimum absolute atomic E-state index is 0.0494. The predicted octanol–water partition coefficient (Wildman–Crippen LogP) is 19.7. The molecule has 0 amide bonds. The fourth-order valence-corrected chi connectivity index (χ4v) is 11.4. The van der Waals surface area contributed by atoms with Crippen molar-refractivity contribution in [1.29, 1.82) is 0 Å². The second-order valence-electron chi connectivity index (χ2n) is 26.6. The fraction of sp³-hybridized carbons (Fsp3) is 0.791. The lowest BCUT2D eigenvalue weighted by atomic mass is 9.83. The molecule has 2 aliphatic rings. The zero-order valence-electron chi connectivity index (χ0n) is 52.2. The number of fused-ring (bicyclic) bond motifs is 2. The molecule has 0 aliphatic carbocycles. The first kappa shape index (κ1) is 68.4. The number of aromatic hydroxyl groups is 1. The standard InChI is InChI=1S/C32H54O3.C29H50O2.C6H11BrO2/c1-22(2)13-10-14-23(3)15-11-16-24(4)17-12-19-32(9)20-18-29-28(8)30(34-21-25(5)33)26(6)27(7)31(29)35-32;1-20(2)12-9-13-21(3)14-10-15-22(4)16-11-18-29(8)19-17-26-25(7)27(30)23(5)24(6)28(26)31-29;1-6(2,3)9-5(8)4-7/h22-24H,10-21H2,1-9H3;20-22,30H,9-19H2,1-8H3;4H2,1-3H3/t23-,24-,32-;21-,22-,29-;/m11./s1. The van der Waals surface area contributed by atoms with Crippen LogP contribution in [-0.4, -0.2) is 45.6 Å². The highest BCUT2D eigenvalue weighted by Gasteiger charge is 2.36. The average Bonchev–Trinajstić information content (AvgIpc) is 3.31. The normalized spacial score (nSPS) is 18.8. The third-order valence-corrected chi connectivity index (χ3v) is 17.1. The van der Waals surface area contributed by atoms with Gasteiger partial charge in [-0.1, -0.05) is 161 Å². The van der Waals surface area contributed by atoms with Gasteiger partial charge in [-0.25, -0.2) is 0 Å². The van der Waals surface area contributed by atoms with Gasteiger partial charge in [-0.2, -0.15) is 0 Å². The molecule has 0 radical (unpaired) electrons. The number of benzene rings is 2. The molecule has 75 heavy (non-hydrogen) atoms. The zero-order chi connectivity index (χ0) is 56.8. The molecule has 0 saturated carbocycles. The van der Waals surface area contributed by atoms with Crippen LogP contribution in [0.3, 0.4) is 0 Å². The maximum absolute atomic E-state index is 11.4. The van der Waals surface area contributed by atoms with Crippen LogP contribution in [0.4, 0.5) is 0 Å². The van der Waals surface area contributed by atoms with Crippen molar-refractivity contribution in [3.63, 3.8) is 0 Å². The quantitative estimate of drug-likeness (QED) is 0.0670. The van der Waals surface area contributed by atoms with Crippen molar-refractivity contribution in [1.82, 2.24) is 0 Å². The molecule has 2 aromatic rings. The molecule has 0 unspecified atom stereocenters. The van der Waals surface area contributed by atoms with E-state index in [4.69, 9.17) is 18.9 Å². The van der Waals surface area contributed by atoms with E-state index in [0.717, 1.165) is 125 Å². The summed E-state index contributed by atoms with van der Waals surface area (Å²) >= 11 is 2.99. The van der Waals surface area contributed by atoms with Crippen molar-refractivity contribution < 1.29 is 33.6 Å². The van der Waals surface area contributed by atoms with Crippen LogP contribution in [0.15, 0.2) is 0 Å². The Morgan fingerprint density at radius 1 is 0.560 bits per heavy atom. The maximum atomic E-state index is 11.4. The zero-order valence-corrected chi connectivity index (χ0v) is 53.8. The minimum atomic E-state index is -0.356. The lowest BCUT2D eigenvalue weighted by Gasteiger charge is -2.38. The van der Waals surface area contributed by atoms with Gasteiger partial charge in [0.15, 0.2) is 5.78 Å². The molecule has 6 atom stereocenters. The topological polar surface area (TPSA) is 91.3 Å². The molecule has 2 aliphatic heterocycles. The number of carbonyl (C=O) groups is 2. The Morgan fingerprint density at radius 3 is 1.27 bits per heavy atom. The molecule has 0 aromatic heterocycles. The summed E-state index contributed by atoms with van der Waals surface area (Å²) in [6, 6.07) is 0. The van der Waals surface area contributed by atoms with Gasteiger partial charge in [-0.3, -0.25) is 9.59 Å². The first-order valence-corrected chi connectivity index (χ1v) is 31.3. The number of esters is 1. The van der Waals surface area contributed by atoms with Gasteiger partial charge in [0.1, 0.15) is 51.7 Å². The van der Waals surface area contributed by atoms with Crippen LogP contribution in [0.5, 0.6) is 23.0 Å². The summed E-state index contributed by atoms with van der Waals surface area (Å²) in [5.74, 6) is 8.30. The molecule has 432 valence electrons. The molecule has 7 nitrogen and oxygen atoms in total. The highest BCUT2D eigenvalue weighted by atomic mass is 79.9. The van der Waals surface area contributed by atoms with Crippen LogP contribution < -0.4 is 14.2 Å². The van der Waals surface area contributed by atoms with Gasteiger partial charge in [0.25, 0.3) is 0 Å². The monoisotopic (exact) mass is 1110 g/mol. The summed E-state index contributed by atoms with van der Waals surface area (Å²) in [6.07, 6.45) is 28.0. The summed E-state index contributed by atoms with van der Waals surface area (Å²) in [6.45, 7) is 43.3. The van der Waals surface area contributed by atoms with Gasteiger partial charge in [0.2, 0.25) is 0 Å². The molecule has 0 spiro atoms. The molecule has 4 rings (SSSR count). The molecule has 0 fully saturated rings. The Balaban J connectivity index is 0.000000443. The van der Waals surface area contributed by atoms with Gasteiger partial charge in [-0.05, 0) is 203 Å². The SMILES string of the molecule is CC(=O)COc1c(C)c(C)c2c(c1C)CC[C@@](C)(CCC[C@H](C)CCC[C@H](C)CCCC(C)C)O2.CC(C)(C)OC(=O)CBr.Cc1c(C)c2c(c(C)c1O)CC[C@@](C)(CCC[C@H](C)CCC[C@H](C)CCCC(C)C)O2. The lowest BCUT2D eigenvalue weighted by Crippen LogP contribution is -2.37. The highest BCUT2D eigenvalue weighted by molar-refractivity contribution is 9.09. The van der Waals surface area contributed by atoms with Gasteiger partial charge in [-0.15, -0.1) is 0 Å². The van der Waals surface area contributed by atoms with Gasteiger partial charge >= 0.3 is 5.97 Å². The summed E-state index contributed by atoms with van der Waals surface area (Å²) in [7, 11) is 0. The van der Waals surface area contributed by atoms with E-state index in [-0.39, 0.29) is 40.5 Å². The van der Waals surface area contributed by atoms with Crippen molar-refractivity contribution in [2.45, 2.75) is 297 Å². The van der Waals surface area contributed by atoms with E-state index in [9.17, 15) is 14.7 Å². The Hall–Kier alpha value is -2.74. The first-order valence-electron chi connectivity index (χ1n) is 30.1. The number of rotatable bonds is 28. The van der Waals surface area contributed by atoms with E-state index in [2.05, 4.69) is 113 Å². The number of ketones is 1. The number of alkyl halides is 1. The van der Waals surface area contributed by atoms with E-state index in [1.165, 1.54) is 114 Å². The van der Waals surface area contributed by atoms with Crippen molar-refractivity contribution >= 4 is 27.7 Å². The van der Waals surface area contributed by atoms with Crippen LogP contribution >= 0.6 is 15.9 Å². The number of carbonyl (C=O) groups excluding carboxylic acids is 2. The number of phenols is 1. The average molecular weight is 1110 g/mol. The fourth-order valence-electron chi connectivity index (χ4n) is 11.3. The first-order chi connectivity index (χ1) is 34.9. The molecular formula is C67H115BrO7. The molecule has 2 heterocycles. The van der Waals surface area contributed by atoms with Crippen molar-refractivity contribution in [3.8, 4) is 23.0 Å². The Labute approximate surface area is 470 Å². The largest absolute Gasteiger partial charge is 0.507 e. The molecule has 0 saturated heterocycles. The third-order valence-electron chi connectivity index (χ3n) is 16.7. The van der Waals surface area contributed by atoms with E-state index in [1.807, 2.05) is 34.6 Å². The van der Waals surface area contributed by atoms with Gasteiger partial charge in [0.05, 0.1) is 0 Å². The van der Waals surface area contributed by atoms with Crippen molar-refractivity contribution in [2.24, 2.45) is 35.5 Å². The number of phenolic OH excluding ortho intramolecular Hbond substituents is 1. The minimum Gasteiger partial charge on any atom is -0.507 e. The van der Waals surface area contributed by atoms with Gasteiger partial charge in [0, 0.05) is 11.1 Å². The summed E-state index contributed by atoms with van der Waals surface area (Å²) < 4.78 is 24.1. The molecular weight excluding hydrogens is 997 g/mol. The maximum Gasteiger partial charge on any atom is 0.317 e. The number of Topliss-reactive ketones (excluding diaryl/α,β-unsaturated/α-hetero) is 1. The van der Waals surface area contributed by atoms with Crippen molar-refractivity contribution in [2.75, 3.05) is 11.9 Å². The van der Waals surface area contributed by atoms with E-state index >= 15 is 0 Å². The van der Waals surface area contributed by atoms with Crippen LogP contribution in [0.25, 0.3) is 0 Å². The van der Waals surface area contributed by atoms with E-state index in [1.54, 1.807) is 6.92 Å². The van der Waals surface area contributed by atoms with E-state index < -0.39 is 0 Å². The van der Waals surface area contributed by atoms with Crippen molar-refractivity contribution in [3.05, 3.63) is 44.5 Å². The summed E-state index contributed by atoms with van der Waals surface area (Å²) in [5, 5.41) is 10.7. The Bertz CT molecular complexity index is 2030. The van der Waals surface area contributed by atoms with Crippen LogP contribution in [0.1, 0.15) is 270 Å². The number of ether oxygens (including phenoxy) is 4. The number of halogens is 1. The summed E-state index contributed by atoms with van der Waals surface area (Å²) in [4.78, 5) is 22.0. The van der Waals surface area contributed by atoms with E-state index in [0.29, 0.717) is 5.75 Å². The predicted molar refractivity (Wildman–Crippen MR) is 323 cm³/mol. The second-order valence-corrected chi connectivity index (χ2v) is 27.1. The lowest BCUT2D eigenvalue weighted by molar-refractivity contribution is -0.151. The van der Waals surface area contributed by atoms with Crippen LogP contribution in [-0.2, 0) is 27.2 Å². The molecule has 0 bridgehead atoms. The molecule has 1 N–H and O–H groups in total. The highest BCUT2D eigenvalue weighted by Crippen LogP contribution is 2.46. The van der Waals surface area contributed by atoms with Crippen LogP contribution in [0, 0.1) is 77.0 Å². The number of hydrogen-bond donors (Lipinski definition) is 1. The van der Waals surface area contributed by atoms with Crippen LogP contribution in [0.2, 0.25) is 0 Å². The second kappa shape index (κ2) is 33.0. The Morgan fingerprint density at radius 2 is 0.920 bits per heavy atom. The molecule has 8 heteroatoms.